The minimum absolute atomic E-state index is 0.0512. The number of ketones is 1. The summed E-state index contributed by atoms with van der Waals surface area (Å²) in [6.45, 7) is 3.99. The molecule has 1 aromatic rings. The Hall–Kier alpha value is -1.00. The Morgan fingerprint density at radius 1 is 1.32 bits per heavy atom. The van der Waals surface area contributed by atoms with Crippen molar-refractivity contribution in [2.75, 3.05) is 5.75 Å². The van der Waals surface area contributed by atoms with Crippen molar-refractivity contribution in [1.82, 2.24) is 0 Å². The van der Waals surface area contributed by atoms with E-state index < -0.39 is 16.9 Å². The van der Waals surface area contributed by atoms with Crippen LogP contribution in [-0.2, 0) is 15.6 Å². The molecule has 0 amide bonds. The molecule has 1 unspecified atom stereocenters. The molecule has 0 saturated carbocycles. The minimum Gasteiger partial charge on any atom is -0.392 e. The summed E-state index contributed by atoms with van der Waals surface area (Å²) >= 11 is 0. The fraction of sp³-hybridized carbons (Fsp3) is 0.533. The summed E-state index contributed by atoms with van der Waals surface area (Å²) in [6, 6.07) is 7.40. The summed E-state index contributed by atoms with van der Waals surface area (Å²) in [5.74, 6) is 0.177. The van der Waals surface area contributed by atoms with Crippen LogP contribution in [0.3, 0.4) is 0 Å². The van der Waals surface area contributed by atoms with Gasteiger partial charge in [-0.3, -0.25) is 9.00 Å². The first-order chi connectivity index (χ1) is 9.02. The Balaban J connectivity index is 2.43. The van der Waals surface area contributed by atoms with E-state index in [0.717, 1.165) is 18.4 Å². The van der Waals surface area contributed by atoms with Crippen LogP contribution < -0.4 is 0 Å². The Labute approximate surface area is 117 Å². The molecule has 1 rings (SSSR count). The first-order valence-corrected chi connectivity index (χ1v) is 7.99. The lowest BCUT2D eigenvalue weighted by molar-refractivity contribution is -0.120. The molecule has 3 nitrogen and oxygen atoms in total. The summed E-state index contributed by atoms with van der Waals surface area (Å²) in [7, 11) is -1.25. The van der Waals surface area contributed by atoms with E-state index in [1.165, 1.54) is 0 Å². The van der Waals surface area contributed by atoms with Crippen molar-refractivity contribution < 1.29 is 14.1 Å². The first kappa shape index (κ1) is 16.1. The van der Waals surface area contributed by atoms with Gasteiger partial charge in [0.2, 0.25) is 0 Å². The molecule has 0 aliphatic carbocycles. The van der Waals surface area contributed by atoms with Gasteiger partial charge in [-0.1, -0.05) is 31.0 Å². The molecule has 0 spiro atoms. The lowest BCUT2D eigenvalue weighted by atomic mass is 10.1. The molecule has 0 saturated heterocycles. The highest BCUT2D eigenvalue weighted by Crippen LogP contribution is 2.11. The highest BCUT2D eigenvalue weighted by atomic mass is 32.2. The molecule has 1 aromatic carbocycles. The molecular weight excluding hydrogens is 260 g/mol. The minimum atomic E-state index is -1.25. The van der Waals surface area contributed by atoms with Crippen LogP contribution in [0.2, 0.25) is 0 Å². The second-order valence-corrected chi connectivity index (χ2v) is 6.32. The zero-order valence-electron chi connectivity index (χ0n) is 11.6. The Morgan fingerprint density at radius 2 is 1.95 bits per heavy atom. The maximum Gasteiger partial charge on any atom is 0.135 e. The van der Waals surface area contributed by atoms with Gasteiger partial charge in [0, 0.05) is 17.7 Å². The quantitative estimate of drug-likeness (QED) is 0.797. The SMILES string of the molecule is CCCCC(=O)C[C@@H](O)CS(=O)c1ccc(C)cc1. The number of hydrogen-bond acceptors (Lipinski definition) is 3. The number of aryl methyl sites for hydroxylation is 1. The van der Waals surface area contributed by atoms with Crippen molar-refractivity contribution in [3.8, 4) is 0 Å². The van der Waals surface area contributed by atoms with Crippen LogP contribution in [0.25, 0.3) is 0 Å². The van der Waals surface area contributed by atoms with Gasteiger partial charge < -0.3 is 5.11 Å². The van der Waals surface area contributed by atoms with E-state index in [9.17, 15) is 14.1 Å². The first-order valence-electron chi connectivity index (χ1n) is 6.67. The van der Waals surface area contributed by atoms with E-state index in [0.29, 0.717) is 11.3 Å². The molecule has 0 bridgehead atoms. The third-order valence-electron chi connectivity index (χ3n) is 2.90. The van der Waals surface area contributed by atoms with Gasteiger partial charge in [0.1, 0.15) is 5.78 Å². The smallest absolute Gasteiger partial charge is 0.135 e. The maximum absolute atomic E-state index is 12.0. The molecule has 19 heavy (non-hydrogen) atoms. The third-order valence-corrected chi connectivity index (χ3v) is 4.39. The molecule has 0 radical (unpaired) electrons. The van der Waals surface area contributed by atoms with Crippen molar-refractivity contribution in [2.45, 2.75) is 50.5 Å². The number of aliphatic hydroxyl groups excluding tert-OH is 1. The normalized spacial score (nSPS) is 14.1. The monoisotopic (exact) mass is 282 g/mol. The van der Waals surface area contributed by atoms with Crippen molar-refractivity contribution in [2.24, 2.45) is 0 Å². The Bertz CT molecular complexity index is 426. The lowest BCUT2D eigenvalue weighted by Crippen LogP contribution is -2.20. The number of rotatable bonds is 8. The highest BCUT2D eigenvalue weighted by molar-refractivity contribution is 7.85. The number of carbonyl (C=O) groups is 1. The fourth-order valence-corrected chi connectivity index (χ4v) is 2.86. The van der Waals surface area contributed by atoms with E-state index in [1.807, 2.05) is 26.0 Å². The second-order valence-electron chi connectivity index (χ2n) is 4.83. The van der Waals surface area contributed by atoms with Crippen LogP contribution in [0, 0.1) is 6.92 Å². The Kier molecular flexibility index (Phi) is 6.95. The topological polar surface area (TPSA) is 54.4 Å². The molecule has 1 N–H and O–H groups in total. The fourth-order valence-electron chi connectivity index (χ4n) is 1.76. The number of unbranched alkanes of at least 4 members (excludes halogenated alkanes) is 1. The molecule has 0 aliphatic heterocycles. The van der Waals surface area contributed by atoms with Crippen LogP contribution in [0.1, 0.15) is 38.2 Å². The Morgan fingerprint density at radius 3 is 2.53 bits per heavy atom. The van der Waals surface area contributed by atoms with E-state index in [4.69, 9.17) is 0 Å². The zero-order chi connectivity index (χ0) is 14.3. The molecular formula is C15H22O3S. The second kappa shape index (κ2) is 8.23. The zero-order valence-corrected chi connectivity index (χ0v) is 12.4. The number of aliphatic hydroxyl groups is 1. The summed E-state index contributed by atoms with van der Waals surface area (Å²) in [5, 5.41) is 9.79. The van der Waals surface area contributed by atoms with Gasteiger partial charge in [0.25, 0.3) is 0 Å². The van der Waals surface area contributed by atoms with Crippen molar-refractivity contribution >= 4 is 16.6 Å². The summed E-state index contributed by atoms with van der Waals surface area (Å²) in [6.07, 6.45) is 1.62. The average Bonchev–Trinajstić information content (AvgIpc) is 2.36. The summed E-state index contributed by atoms with van der Waals surface area (Å²) < 4.78 is 12.0. The van der Waals surface area contributed by atoms with Crippen LogP contribution in [-0.4, -0.2) is 27.0 Å². The van der Waals surface area contributed by atoms with Gasteiger partial charge in [0.15, 0.2) is 0 Å². The van der Waals surface area contributed by atoms with Crippen LogP contribution >= 0.6 is 0 Å². The van der Waals surface area contributed by atoms with Crippen molar-refractivity contribution in [1.29, 1.82) is 0 Å². The van der Waals surface area contributed by atoms with Gasteiger partial charge >= 0.3 is 0 Å². The van der Waals surface area contributed by atoms with Crippen LogP contribution in [0.4, 0.5) is 0 Å². The number of Topliss-reactive ketones (excluding diaryl/α,β-unsaturated/α-hetero) is 1. The maximum atomic E-state index is 12.0. The van der Waals surface area contributed by atoms with E-state index >= 15 is 0 Å². The summed E-state index contributed by atoms with van der Waals surface area (Å²) in [5.41, 5.74) is 1.11. The standard InChI is InChI=1S/C15H22O3S/c1-3-4-5-13(16)10-14(17)11-19(18)15-8-6-12(2)7-9-15/h6-9,14,17H,3-5,10-11H2,1-2H3/t14-,19?/m1/s1. The largest absolute Gasteiger partial charge is 0.392 e. The van der Waals surface area contributed by atoms with E-state index in [-0.39, 0.29) is 18.0 Å². The molecule has 0 fully saturated rings. The van der Waals surface area contributed by atoms with Crippen molar-refractivity contribution in [3.05, 3.63) is 29.8 Å². The lowest BCUT2D eigenvalue weighted by Gasteiger charge is -2.09. The van der Waals surface area contributed by atoms with Crippen LogP contribution in [0.15, 0.2) is 29.2 Å². The van der Waals surface area contributed by atoms with E-state index in [2.05, 4.69) is 0 Å². The number of benzene rings is 1. The molecule has 0 aromatic heterocycles. The van der Waals surface area contributed by atoms with Gasteiger partial charge in [-0.25, -0.2) is 0 Å². The predicted octanol–water partition coefficient (Wildman–Crippen LogP) is 2.61. The van der Waals surface area contributed by atoms with Crippen molar-refractivity contribution in [3.63, 3.8) is 0 Å². The highest BCUT2D eigenvalue weighted by Gasteiger charge is 2.15. The number of hydrogen-bond donors (Lipinski definition) is 1. The molecule has 0 aliphatic rings. The third kappa shape index (κ3) is 6.12. The average molecular weight is 282 g/mol. The van der Waals surface area contributed by atoms with Gasteiger partial charge in [-0.2, -0.15) is 0 Å². The molecule has 4 heteroatoms. The summed E-state index contributed by atoms with van der Waals surface area (Å²) in [4.78, 5) is 12.2. The van der Waals surface area contributed by atoms with Gasteiger partial charge in [0.05, 0.1) is 22.7 Å². The predicted molar refractivity (Wildman–Crippen MR) is 77.6 cm³/mol. The number of carbonyl (C=O) groups excluding carboxylic acids is 1. The van der Waals surface area contributed by atoms with Crippen LogP contribution in [0.5, 0.6) is 0 Å². The molecule has 106 valence electrons. The van der Waals surface area contributed by atoms with E-state index in [1.54, 1.807) is 12.1 Å². The van der Waals surface area contributed by atoms with Gasteiger partial charge in [-0.05, 0) is 25.5 Å². The molecule has 2 atom stereocenters. The molecule has 0 heterocycles. The van der Waals surface area contributed by atoms with Gasteiger partial charge in [-0.15, -0.1) is 0 Å².